The molecule has 0 saturated heterocycles. The fourth-order valence-electron chi connectivity index (χ4n) is 1.07. The Morgan fingerprint density at radius 2 is 2.22 bits per heavy atom. The summed E-state index contributed by atoms with van der Waals surface area (Å²) in [6.45, 7) is 5.92. The highest BCUT2D eigenvalue weighted by Gasteiger charge is 2.09. The maximum Gasteiger partial charge on any atom is 0.231 e. The molecule has 8 heteroatoms. The Kier molecular flexibility index (Phi) is 4.85. The lowest BCUT2D eigenvalue weighted by Crippen LogP contribution is -2.26. The summed E-state index contributed by atoms with van der Waals surface area (Å²) in [4.78, 5) is 15.5. The number of thiazole rings is 1. The number of rotatable bonds is 6. The number of sulfonamides is 1. The van der Waals surface area contributed by atoms with Gasteiger partial charge in [-0.05, 0) is 6.92 Å². The predicted octanol–water partition coefficient (Wildman–Crippen LogP) is 0.749. The molecule has 2 N–H and O–H groups in total. The summed E-state index contributed by atoms with van der Waals surface area (Å²) in [5.74, 6) is -0.172. The molecule has 1 amide bonds. The molecule has 0 fully saturated rings. The summed E-state index contributed by atoms with van der Waals surface area (Å²) in [7, 11) is -3.33. The molecule has 1 heterocycles. The van der Waals surface area contributed by atoms with Gasteiger partial charge in [0.2, 0.25) is 15.9 Å². The Hall–Kier alpha value is -1.41. The van der Waals surface area contributed by atoms with Crippen LogP contribution in [0, 0.1) is 0 Å². The highest BCUT2D eigenvalue weighted by atomic mass is 32.2. The van der Waals surface area contributed by atoms with Crippen molar-refractivity contribution in [3.8, 4) is 0 Å². The van der Waals surface area contributed by atoms with Gasteiger partial charge >= 0.3 is 0 Å². The van der Waals surface area contributed by atoms with Crippen molar-refractivity contribution in [3.63, 3.8) is 0 Å². The van der Waals surface area contributed by atoms with Crippen molar-refractivity contribution in [1.82, 2.24) is 10.3 Å². The third-order valence-corrected chi connectivity index (χ3v) is 3.25. The van der Waals surface area contributed by atoms with Crippen LogP contribution in [0.25, 0.3) is 0 Å². The minimum Gasteiger partial charge on any atom is -0.352 e. The van der Waals surface area contributed by atoms with Crippen LogP contribution in [0.1, 0.15) is 12.6 Å². The summed E-state index contributed by atoms with van der Waals surface area (Å²) in [5, 5.41) is 4.59. The van der Waals surface area contributed by atoms with E-state index < -0.39 is 10.0 Å². The SMILES string of the molecule is C=C(C)CNC(=O)Cc1csc(NS(C)(=O)=O)n1. The van der Waals surface area contributed by atoms with Crippen LogP contribution in [-0.4, -0.2) is 32.1 Å². The number of aromatic nitrogens is 1. The fourth-order valence-corrected chi connectivity index (χ4v) is 2.63. The molecule has 0 saturated carbocycles. The number of carbonyl (C=O) groups excluding carboxylic acids is 1. The Morgan fingerprint density at radius 3 is 2.78 bits per heavy atom. The zero-order valence-electron chi connectivity index (χ0n) is 10.2. The molecule has 0 spiro atoms. The van der Waals surface area contributed by atoms with Gasteiger partial charge in [0.1, 0.15) is 0 Å². The summed E-state index contributed by atoms with van der Waals surface area (Å²) in [5.41, 5.74) is 1.39. The summed E-state index contributed by atoms with van der Waals surface area (Å²) in [6.07, 6.45) is 1.17. The van der Waals surface area contributed by atoms with Gasteiger partial charge in [-0.2, -0.15) is 0 Å². The molecule has 0 bridgehead atoms. The van der Waals surface area contributed by atoms with Gasteiger partial charge < -0.3 is 5.32 Å². The second kappa shape index (κ2) is 5.96. The largest absolute Gasteiger partial charge is 0.352 e. The zero-order valence-corrected chi connectivity index (χ0v) is 11.8. The van der Waals surface area contributed by atoms with Crippen molar-refractivity contribution < 1.29 is 13.2 Å². The van der Waals surface area contributed by atoms with Crippen LogP contribution < -0.4 is 10.0 Å². The van der Waals surface area contributed by atoms with Crippen LogP contribution in [0.2, 0.25) is 0 Å². The second-order valence-electron chi connectivity index (χ2n) is 3.93. The van der Waals surface area contributed by atoms with E-state index >= 15 is 0 Å². The Labute approximate surface area is 110 Å². The van der Waals surface area contributed by atoms with Gasteiger partial charge in [-0.25, -0.2) is 13.4 Å². The predicted molar refractivity (Wildman–Crippen MR) is 72.1 cm³/mol. The van der Waals surface area contributed by atoms with Crippen molar-refractivity contribution >= 4 is 32.4 Å². The van der Waals surface area contributed by atoms with Gasteiger partial charge in [-0.3, -0.25) is 9.52 Å². The highest BCUT2D eigenvalue weighted by molar-refractivity contribution is 7.92. The molecule has 1 aromatic rings. The average molecular weight is 289 g/mol. The van der Waals surface area contributed by atoms with E-state index in [9.17, 15) is 13.2 Å². The first kappa shape index (κ1) is 14.7. The van der Waals surface area contributed by atoms with Gasteiger partial charge in [0.25, 0.3) is 0 Å². The van der Waals surface area contributed by atoms with Crippen molar-refractivity contribution in [2.45, 2.75) is 13.3 Å². The number of hydrogen-bond donors (Lipinski definition) is 2. The molecule has 0 aliphatic rings. The molecule has 0 unspecified atom stereocenters. The van der Waals surface area contributed by atoms with Crippen LogP contribution in [0.3, 0.4) is 0 Å². The van der Waals surface area contributed by atoms with E-state index in [2.05, 4.69) is 21.6 Å². The third-order valence-electron chi connectivity index (χ3n) is 1.75. The first-order chi connectivity index (χ1) is 8.26. The van der Waals surface area contributed by atoms with Crippen LogP contribution in [0.4, 0.5) is 5.13 Å². The molecule has 100 valence electrons. The van der Waals surface area contributed by atoms with Gasteiger partial charge in [0, 0.05) is 11.9 Å². The molecule has 0 aliphatic carbocycles. The lowest BCUT2D eigenvalue weighted by atomic mass is 10.3. The normalized spacial score (nSPS) is 11.0. The highest BCUT2D eigenvalue weighted by Crippen LogP contribution is 2.16. The fraction of sp³-hybridized carbons (Fsp3) is 0.400. The lowest BCUT2D eigenvalue weighted by Gasteiger charge is -2.02. The van der Waals surface area contributed by atoms with E-state index in [4.69, 9.17) is 0 Å². The molecule has 0 atom stereocenters. The molecule has 18 heavy (non-hydrogen) atoms. The smallest absolute Gasteiger partial charge is 0.231 e. The first-order valence-corrected chi connectivity index (χ1v) is 7.86. The van der Waals surface area contributed by atoms with Crippen LogP contribution in [0.15, 0.2) is 17.5 Å². The summed E-state index contributed by atoms with van der Waals surface area (Å²) >= 11 is 1.14. The standard InChI is InChI=1S/C10H15N3O3S2/c1-7(2)5-11-9(14)4-8-6-17-10(12-8)13-18(3,15)16/h6H,1,4-5H2,2-3H3,(H,11,14)(H,12,13). The molecular formula is C10H15N3O3S2. The first-order valence-electron chi connectivity index (χ1n) is 5.09. The van der Waals surface area contributed by atoms with E-state index in [1.165, 1.54) is 0 Å². The Morgan fingerprint density at radius 1 is 1.56 bits per heavy atom. The van der Waals surface area contributed by atoms with Crippen molar-refractivity contribution in [1.29, 1.82) is 0 Å². The molecule has 0 aliphatic heterocycles. The van der Waals surface area contributed by atoms with Crippen LogP contribution >= 0.6 is 11.3 Å². The van der Waals surface area contributed by atoms with Crippen LogP contribution in [0.5, 0.6) is 0 Å². The molecule has 0 radical (unpaired) electrons. The van der Waals surface area contributed by atoms with E-state index in [1.54, 1.807) is 5.38 Å². The topological polar surface area (TPSA) is 88.2 Å². The number of nitrogens with zero attached hydrogens (tertiary/aromatic N) is 1. The van der Waals surface area contributed by atoms with Gasteiger partial charge in [-0.1, -0.05) is 12.2 Å². The maximum atomic E-state index is 11.5. The third kappa shape index (κ3) is 5.78. The number of carbonyl (C=O) groups is 1. The van der Waals surface area contributed by atoms with Gasteiger partial charge in [0.05, 0.1) is 18.4 Å². The number of anilines is 1. The van der Waals surface area contributed by atoms with Crippen molar-refractivity contribution in [2.75, 3.05) is 17.5 Å². The Balaban J connectivity index is 2.54. The lowest BCUT2D eigenvalue weighted by molar-refractivity contribution is -0.120. The summed E-state index contributed by atoms with van der Waals surface area (Å²) in [6, 6.07) is 0. The number of nitrogens with one attached hydrogen (secondary N) is 2. The monoisotopic (exact) mass is 289 g/mol. The maximum absolute atomic E-state index is 11.5. The van der Waals surface area contributed by atoms with Gasteiger partial charge in [0.15, 0.2) is 5.13 Å². The van der Waals surface area contributed by atoms with E-state index in [0.717, 1.165) is 23.2 Å². The van der Waals surface area contributed by atoms with Crippen molar-refractivity contribution in [2.24, 2.45) is 0 Å². The molecule has 1 aromatic heterocycles. The average Bonchev–Trinajstić information content (AvgIpc) is 2.59. The molecule has 6 nitrogen and oxygen atoms in total. The van der Waals surface area contributed by atoms with Crippen molar-refractivity contribution in [3.05, 3.63) is 23.2 Å². The van der Waals surface area contributed by atoms with E-state index in [0.29, 0.717) is 12.2 Å². The van der Waals surface area contributed by atoms with E-state index in [1.807, 2.05) is 6.92 Å². The van der Waals surface area contributed by atoms with E-state index in [-0.39, 0.29) is 17.5 Å². The zero-order chi connectivity index (χ0) is 13.8. The van der Waals surface area contributed by atoms with Crippen LogP contribution in [-0.2, 0) is 21.2 Å². The minimum absolute atomic E-state index is 0.120. The second-order valence-corrected chi connectivity index (χ2v) is 6.54. The number of hydrogen-bond acceptors (Lipinski definition) is 5. The number of amides is 1. The molecule has 1 rings (SSSR count). The quantitative estimate of drug-likeness (QED) is 0.756. The molecular weight excluding hydrogens is 274 g/mol. The summed E-state index contributed by atoms with van der Waals surface area (Å²) < 4.78 is 24.2. The minimum atomic E-state index is -3.33. The Bertz CT molecular complexity index is 548. The van der Waals surface area contributed by atoms with Gasteiger partial charge in [-0.15, -0.1) is 11.3 Å². The molecule has 0 aromatic carbocycles.